The minimum absolute atomic E-state index is 0.0661. The number of halogens is 1. The molecule has 3 rings (SSSR count). The maximum absolute atomic E-state index is 13.8. The van der Waals surface area contributed by atoms with E-state index in [0.29, 0.717) is 12.0 Å². The lowest BCUT2D eigenvalue weighted by Gasteiger charge is -2.31. The van der Waals surface area contributed by atoms with Gasteiger partial charge in [0.15, 0.2) is 0 Å². The van der Waals surface area contributed by atoms with E-state index in [2.05, 4.69) is 18.3 Å². The Morgan fingerprint density at radius 3 is 2.74 bits per heavy atom. The zero-order valence-corrected chi connectivity index (χ0v) is 12.0. The fraction of sp³-hybridized carbons (Fsp3) is 0.647. The van der Waals surface area contributed by atoms with Crippen LogP contribution in [0.15, 0.2) is 18.2 Å². The molecule has 0 aromatic heterocycles. The van der Waals surface area contributed by atoms with Crippen LogP contribution in [0.5, 0.6) is 0 Å². The van der Waals surface area contributed by atoms with E-state index in [1.807, 2.05) is 13.0 Å². The maximum Gasteiger partial charge on any atom is 0.126 e. The maximum atomic E-state index is 13.8. The van der Waals surface area contributed by atoms with E-state index in [4.69, 9.17) is 0 Å². The first-order chi connectivity index (χ1) is 9.19. The van der Waals surface area contributed by atoms with Crippen molar-refractivity contribution in [1.82, 2.24) is 5.32 Å². The molecule has 4 unspecified atom stereocenters. The van der Waals surface area contributed by atoms with Gasteiger partial charge in [-0.15, -0.1) is 0 Å². The van der Waals surface area contributed by atoms with Crippen LogP contribution < -0.4 is 5.32 Å². The lowest BCUT2D eigenvalue weighted by atomic mass is 9.80. The van der Waals surface area contributed by atoms with Gasteiger partial charge in [-0.05, 0) is 67.7 Å². The number of hydrogen-bond donors (Lipinski definition) is 1. The summed E-state index contributed by atoms with van der Waals surface area (Å²) in [5.74, 6) is 2.44. The first-order valence-electron chi connectivity index (χ1n) is 7.68. The van der Waals surface area contributed by atoms with E-state index in [0.717, 1.165) is 29.5 Å². The van der Waals surface area contributed by atoms with E-state index in [9.17, 15) is 4.39 Å². The van der Waals surface area contributed by atoms with Gasteiger partial charge in [-0.2, -0.15) is 0 Å². The monoisotopic (exact) mass is 261 g/mol. The quantitative estimate of drug-likeness (QED) is 0.855. The molecule has 2 saturated carbocycles. The second-order valence-corrected chi connectivity index (χ2v) is 6.38. The number of hydrogen-bond acceptors (Lipinski definition) is 1. The fourth-order valence-electron chi connectivity index (χ4n) is 4.24. The predicted octanol–water partition coefficient (Wildman–Crippen LogP) is 4.22. The smallest absolute Gasteiger partial charge is 0.126 e. The van der Waals surface area contributed by atoms with Crippen LogP contribution in [-0.2, 0) is 0 Å². The normalized spacial score (nSPS) is 30.8. The van der Waals surface area contributed by atoms with Crippen molar-refractivity contribution < 1.29 is 4.39 Å². The minimum Gasteiger partial charge on any atom is -0.310 e. The zero-order valence-electron chi connectivity index (χ0n) is 12.0. The summed E-state index contributed by atoms with van der Waals surface area (Å²) in [5.41, 5.74) is 1.88. The minimum atomic E-state index is -0.0661. The van der Waals surface area contributed by atoms with Crippen molar-refractivity contribution in [3.63, 3.8) is 0 Å². The molecule has 104 valence electrons. The molecule has 19 heavy (non-hydrogen) atoms. The molecular weight excluding hydrogens is 237 g/mol. The average Bonchev–Trinajstić information content (AvgIpc) is 3.02. The lowest BCUT2D eigenvalue weighted by molar-refractivity contribution is 0.252. The van der Waals surface area contributed by atoms with E-state index in [1.54, 1.807) is 6.07 Å². The molecule has 1 nitrogen and oxygen atoms in total. The Morgan fingerprint density at radius 1 is 1.32 bits per heavy atom. The number of fused-ring (bicyclic) bond motifs is 2. The molecule has 0 amide bonds. The summed E-state index contributed by atoms with van der Waals surface area (Å²) in [5, 5.41) is 3.61. The van der Waals surface area contributed by atoms with Crippen molar-refractivity contribution in [3.05, 3.63) is 35.1 Å². The standard InChI is InChI=1S/C17H24FN/c1-3-19-17(14-6-4-11(2)16(18)10-14)15-9-12-5-7-13(15)8-12/h4,6,10,12-13,15,17,19H,3,5,7-9H2,1-2H3. The van der Waals surface area contributed by atoms with Crippen molar-refractivity contribution in [2.45, 2.75) is 45.6 Å². The highest BCUT2D eigenvalue weighted by molar-refractivity contribution is 5.27. The number of rotatable bonds is 4. The van der Waals surface area contributed by atoms with E-state index in [1.165, 1.54) is 25.7 Å². The molecule has 2 bridgehead atoms. The first kappa shape index (κ1) is 13.1. The van der Waals surface area contributed by atoms with Gasteiger partial charge < -0.3 is 5.32 Å². The SMILES string of the molecule is CCNC(c1ccc(C)c(F)c1)C1CC2CCC1C2. The highest BCUT2D eigenvalue weighted by Crippen LogP contribution is 2.52. The molecule has 4 atom stereocenters. The summed E-state index contributed by atoms with van der Waals surface area (Å²) in [4.78, 5) is 0. The summed E-state index contributed by atoms with van der Waals surface area (Å²) in [7, 11) is 0. The summed E-state index contributed by atoms with van der Waals surface area (Å²) < 4.78 is 13.8. The average molecular weight is 261 g/mol. The summed E-state index contributed by atoms with van der Waals surface area (Å²) >= 11 is 0. The molecule has 1 aromatic rings. The van der Waals surface area contributed by atoms with Crippen molar-refractivity contribution in [1.29, 1.82) is 0 Å². The molecule has 0 saturated heterocycles. The number of aryl methyl sites for hydroxylation is 1. The van der Waals surface area contributed by atoms with Gasteiger partial charge in [-0.3, -0.25) is 0 Å². The molecule has 0 radical (unpaired) electrons. The molecule has 2 fully saturated rings. The third-order valence-corrected chi connectivity index (χ3v) is 5.20. The summed E-state index contributed by atoms with van der Waals surface area (Å²) in [6.45, 7) is 4.93. The van der Waals surface area contributed by atoms with Gasteiger partial charge in [0.1, 0.15) is 5.82 Å². The van der Waals surface area contributed by atoms with E-state index in [-0.39, 0.29) is 5.82 Å². The molecule has 0 heterocycles. The fourth-order valence-corrected chi connectivity index (χ4v) is 4.24. The van der Waals surface area contributed by atoms with Crippen LogP contribution in [0.4, 0.5) is 4.39 Å². The molecule has 0 aliphatic heterocycles. The van der Waals surface area contributed by atoms with Crippen LogP contribution in [0.3, 0.4) is 0 Å². The van der Waals surface area contributed by atoms with Crippen molar-refractivity contribution in [2.24, 2.45) is 17.8 Å². The Labute approximate surface area is 115 Å². The second-order valence-electron chi connectivity index (χ2n) is 6.38. The van der Waals surface area contributed by atoms with Gasteiger partial charge in [0.25, 0.3) is 0 Å². The highest BCUT2D eigenvalue weighted by Gasteiger charge is 2.43. The van der Waals surface area contributed by atoms with Crippen LogP contribution >= 0.6 is 0 Å². The van der Waals surface area contributed by atoms with Crippen LogP contribution in [0.2, 0.25) is 0 Å². The summed E-state index contributed by atoms with van der Waals surface area (Å²) in [6.07, 6.45) is 5.53. The van der Waals surface area contributed by atoms with Gasteiger partial charge in [0.05, 0.1) is 0 Å². The van der Waals surface area contributed by atoms with Crippen LogP contribution in [0.1, 0.15) is 49.8 Å². The Kier molecular flexibility index (Phi) is 3.62. The Bertz CT molecular complexity index is 457. The summed E-state index contributed by atoms with van der Waals surface area (Å²) in [6, 6.07) is 6.12. The molecular formula is C17H24FN. The molecule has 1 N–H and O–H groups in total. The third-order valence-electron chi connectivity index (χ3n) is 5.20. The van der Waals surface area contributed by atoms with Gasteiger partial charge in [-0.1, -0.05) is 25.5 Å². The number of nitrogens with one attached hydrogen (secondary N) is 1. The zero-order chi connectivity index (χ0) is 13.4. The highest BCUT2D eigenvalue weighted by atomic mass is 19.1. The van der Waals surface area contributed by atoms with Gasteiger partial charge >= 0.3 is 0 Å². The topological polar surface area (TPSA) is 12.0 Å². The second kappa shape index (κ2) is 5.24. The van der Waals surface area contributed by atoms with Crippen molar-refractivity contribution >= 4 is 0 Å². The van der Waals surface area contributed by atoms with Crippen LogP contribution in [-0.4, -0.2) is 6.54 Å². The largest absolute Gasteiger partial charge is 0.310 e. The Hall–Kier alpha value is -0.890. The first-order valence-corrected chi connectivity index (χ1v) is 7.68. The predicted molar refractivity (Wildman–Crippen MR) is 76.5 cm³/mol. The van der Waals surface area contributed by atoms with Gasteiger partial charge in [0, 0.05) is 6.04 Å². The Morgan fingerprint density at radius 2 is 2.16 bits per heavy atom. The lowest BCUT2D eigenvalue weighted by Crippen LogP contribution is -2.31. The molecule has 1 aromatic carbocycles. The Balaban J connectivity index is 1.85. The van der Waals surface area contributed by atoms with E-state index < -0.39 is 0 Å². The van der Waals surface area contributed by atoms with Gasteiger partial charge in [0.2, 0.25) is 0 Å². The van der Waals surface area contributed by atoms with Crippen molar-refractivity contribution in [3.8, 4) is 0 Å². The van der Waals surface area contributed by atoms with Gasteiger partial charge in [-0.25, -0.2) is 4.39 Å². The molecule has 2 aliphatic carbocycles. The number of benzene rings is 1. The van der Waals surface area contributed by atoms with E-state index >= 15 is 0 Å². The molecule has 0 spiro atoms. The van der Waals surface area contributed by atoms with Crippen LogP contribution in [0, 0.1) is 30.5 Å². The van der Waals surface area contributed by atoms with Crippen molar-refractivity contribution in [2.75, 3.05) is 6.54 Å². The molecule has 2 heteroatoms. The third kappa shape index (κ3) is 2.43. The molecule has 2 aliphatic rings. The van der Waals surface area contributed by atoms with Crippen LogP contribution in [0.25, 0.3) is 0 Å².